The topological polar surface area (TPSA) is 52.6 Å². The Morgan fingerprint density at radius 1 is 1.13 bits per heavy atom. The van der Waals surface area contributed by atoms with Gasteiger partial charge in [-0.2, -0.15) is 0 Å². The lowest BCUT2D eigenvalue weighted by Crippen LogP contribution is -2.29. The second kappa shape index (κ2) is 7.53. The summed E-state index contributed by atoms with van der Waals surface area (Å²) in [6.45, 7) is 3.23. The van der Waals surface area contributed by atoms with Crippen molar-refractivity contribution in [3.63, 3.8) is 0 Å². The molecule has 6 heteroatoms. The number of Topliss-reactive ketones (excluding diaryl/α,β-unsaturated/α-hetero) is 1. The van der Waals surface area contributed by atoms with Gasteiger partial charge in [0.25, 0.3) is 0 Å². The lowest BCUT2D eigenvalue weighted by molar-refractivity contribution is -0.149. The molecule has 0 saturated heterocycles. The molecule has 0 heterocycles. The third-order valence-electron chi connectivity index (χ3n) is 3.96. The van der Waals surface area contributed by atoms with E-state index < -0.39 is 23.0 Å². The summed E-state index contributed by atoms with van der Waals surface area (Å²) in [6, 6.07) is 2.05. The molecule has 23 heavy (non-hydrogen) atoms. The summed E-state index contributed by atoms with van der Waals surface area (Å²) < 4.78 is 38.1. The number of hydrogen-bond donors (Lipinski definition) is 0. The van der Waals surface area contributed by atoms with Gasteiger partial charge in [0.05, 0.1) is 24.2 Å². The minimum absolute atomic E-state index is 0.0598. The number of halogens is 2. The van der Waals surface area contributed by atoms with E-state index in [1.54, 1.807) is 6.92 Å². The van der Waals surface area contributed by atoms with Crippen molar-refractivity contribution in [3.8, 4) is 5.75 Å². The van der Waals surface area contributed by atoms with Crippen LogP contribution < -0.4 is 4.74 Å². The Bertz CT molecular complexity index is 569. The molecule has 1 saturated carbocycles. The molecule has 0 amide bonds. The van der Waals surface area contributed by atoms with E-state index in [0.29, 0.717) is 32.3 Å². The second-order valence-corrected chi connectivity index (χ2v) is 5.66. The first-order valence-electron chi connectivity index (χ1n) is 7.75. The van der Waals surface area contributed by atoms with Crippen LogP contribution in [-0.2, 0) is 9.53 Å². The van der Waals surface area contributed by atoms with Crippen LogP contribution in [0.1, 0.15) is 49.9 Å². The number of ether oxygens (including phenoxy) is 2. The van der Waals surface area contributed by atoms with Crippen LogP contribution in [0, 0.1) is 17.6 Å². The molecule has 126 valence electrons. The highest BCUT2D eigenvalue weighted by atomic mass is 19.1. The van der Waals surface area contributed by atoms with Gasteiger partial charge in [0.1, 0.15) is 17.4 Å². The van der Waals surface area contributed by atoms with E-state index >= 15 is 0 Å². The Morgan fingerprint density at radius 2 is 1.70 bits per heavy atom. The predicted molar refractivity (Wildman–Crippen MR) is 79.4 cm³/mol. The fraction of sp³-hybridized carbons (Fsp3) is 0.529. The maximum Gasteiger partial charge on any atom is 0.308 e. The van der Waals surface area contributed by atoms with Gasteiger partial charge in [-0.25, -0.2) is 8.78 Å². The van der Waals surface area contributed by atoms with Crippen molar-refractivity contribution in [2.24, 2.45) is 5.92 Å². The zero-order valence-electron chi connectivity index (χ0n) is 13.2. The Kier molecular flexibility index (Phi) is 5.69. The van der Waals surface area contributed by atoms with Crippen LogP contribution in [0.2, 0.25) is 0 Å². The van der Waals surface area contributed by atoms with Crippen molar-refractivity contribution in [3.05, 3.63) is 29.3 Å². The van der Waals surface area contributed by atoms with Crippen LogP contribution in [0.5, 0.6) is 5.75 Å². The van der Waals surface area contributed by atoms with Crippen LogP contribution in [0.15, 0.2) is 12.1 Å². The van der Waals surface area contributed by atoms with Crippen molar-refractivity contribution < 1.29 is 27.8 Å². The van der Waals surface area contributed by atoms with Crippen LogP contribution in [-0.4, -0.2) is 24.5 Å². The van der Waals surface area contributed by atoms with Crippen LogP contribution in [0.25, 0.3) is 0 Å². The average molecular weight is 326 g/mol. The zero-order valence-corrected chi connectivity index (χ0v) is 13.2. The van der Waals surface area contributed by atoms with Crippen LogP contribution >= 0.6 is 0 Å². The molecule has 2 rings (SSSR count). The van der Waals surface area contributed by atoms with E-state index in [-0.39, 0.29) is 23.7 Å². The van der Waals surface area contributed by atoms with E-state index in [0.717, 1.165) is 19.1 Å². The molecule has 1 aromatic carbocycles. The van der Waals surface area contributed by atoms with Crippen molar-refractivity contribution in [2.75, 3.05) is 6.61 Å². The van der Waals surface area contributed by atoms with Gasteiger partial charge >= 0.3 is 5.97 Å². The molecule has 0 aromatic heterocycles. The van der Waals surface area contributed by atoms with Gasteiger partial charge in [-0.15, -0.1) is 0 Å². The summed E-state index contributed by atoms with van der Waals surface area (Å²) in [4.78, 5) is 22.8. The van der Waals surface area contributed by atoms with Gasteiger partial charge in [-0.05, 0) is 39.5 Å². The number of benzene rings is 1. The van der Waals surface area contributed by atoms with E-state index in [1.807, 2.05) is 0 Å². The van der Waals surface area contributed by atoms with Gasteiger partial charge in [-0.3, -0.25) is 9.59 Å². The van der Waals surface area contributed by atoms with Crippen molar-refractivity contribution in [2.45, 2.75) is 45.6 Å². The number of ketones is 1. The first-order valence-corrected chi connectivity index (χ1v) is 7.75. The minimum atomic E-state index is -0.923. The van der Waals surface area contributed by atoms with E-state index in [4.69, 9.17) is 9.47 Å². The molecule has 0 unspecified atom stereocenters. The largest absolute Gasteiger partial charge is 0.490 e. The first kappa shape index (κ1) is 17.4. The molecule has 0 bridgehead atoms. The molecule has 0 aliphatic heterocycles. The molecule has 4 nitrogen and oxygen atoms in total. The summed E-state index contributed by atoms with van der Waals surface area (Å²) in [6.07, 6.45) is 2.27. The quantitative estimate of drug-likeness (QED) is 0.612. The standard InChI is InChI=1S/C17H20F2O4/c1-3-22-17(21)11-4-6-12(7-5-11)23-13-8-14(18)16(10(2)20)15(19)9-13/h8-9,11-12H,3-7H2,1-2H3/t11-,12+. The monoisotopic (exact) mass is 326 g/mol. The van der Waals surface area contributed by atoms with Gasteiger partial charge in [0, 0.05) is 12.1 Å². The van der Waals surface area contributed by atoms with E-state index in [1.165, 1.54) is 0 Å². The summed E-state index contributed by atoms with van der Waals surface area (Å²) in [5, 5.41) is 0. The smallest absolute Gasteiger partial charge is 0.308 e. The maximum absolute atomic E-state index is 13.8. The molecule has 0 N–H and O–H groups in total. The summed E-state index contributed by atoms with van der Waals surface area (Å²) in [5.74, 6) is -2.79. The lowest BCUT2D eigenvalue weighted by Gasteiger charge is -2.27. The highest BCUT2D eigenvalue weighted by molar-refractivity contribution is 5.94. The normalized spacial score (nSPS) is 20.9. The first-order chi connectivity index (χ1) is 10.9. The third kappa shape index (κ3) is 4.27. The molecule has 1 aliphatic rings. The molecule has 1 fully saturated rings. The number of carbonyl (C=O) groups excluding carboxylic acids is 2. The van der Waals surface area contributed by atoms with Crippen molar-refractivity contribution >= 4 is 11.8 Å². The Labute approximate surface area is 133 Å². The predicted octanol–water partition coefficient (Wildman–Crippen LogP) is 3.67. The number of hydrogen-bond acceptors (Lipinski definition) is 4. The highest BCUT2D eigenvalue weighted by Crippen LogP contribution is 2.30. The summed E-state index contributed by atoms with van der Waals surface area (Å²) >= 11 is 0. The molecular weight excluding hydrogens is 306 g/mol. The number of carbonyl (C=O) groups is 2. The SMILES string of the molecule is CCOC(=O)[C@H]1CC[C@@H](Oc2cc(F)c(C(C)=O)c(F)c2)CC1. The lowest BCUT2D eigenvalue weighted by atomic mass is 9.87. The average Bonchev–Trinajstić information content (AvgIpc) is 2.47. The van der Waals surface area contributed by atoms with Crippen molar-refractivity contribution in [1.29, 1.82) is 0 Å². The van der Waals surface area contributed by atoms with Crippen LogP contribution in [0.4, 0.5) is 8.78 Å². The Balaban J connectivity index is 1.97. The summed E-state index contributed by atoms with van der Waals surface area (Å²) in [7, 11) is 0. The molecule has 1 aromatic rings. The van der Waals surface area contributed by atoms with E-state index in [2.05, 4.69) is 0 Å². The molecule has 0 atom stereocenters. The van der Waals surface area contributed by atoms with Gasteiger partial charge < -0.3 is 9.47 Å². The Morgan fingerprint density at radius 3 is 2.17 bits per heavy atom. The molecule has 0 spiro atoms. The van der Waals surface area contributed by atoms with Gasteiger partial charge in [0.2, 0.25) is 0 Å². The van der Waals surface area contributed by atoms with Gasteiger partial charge in [0.15, 0.2) is 5.78 Å². The summed E-state index contributed by atoms with van der Waals surface area (Å²) in [5.41, 5.74) is -0.552. The van der Waals surface area contributed by atoms with E-state index in [9.17, 15) is 18.4 Å². The highest BCUT2D eigenvalue weighted by Gasteiger charge is 2.28. The molecule has 0 radical (unpaired) electrons. The molecule has 1 aliphatic carbocycles. The fourth-order valence-corrected chi connectivity index (χ4v) is 2.82. The maximum atomic E-state index is 13.8. The Hall–Kier alpha value is -1.98. The second-order valence-electron chi connectivity index (χ2n) is 5.66. The minimum Gasteiger partial charge on any atom is -0.490 e. The van der Waals surface area contributed by atoms with Gasteiger partial charge in [-0.1, -0.05) is 0 Å². The zero-order chi connectivity index (χ0) is 17.0. The molecular formula is C17H20F2O4. The third-order valence-corrected chi connectivity index (χ3v) is 3.96. The fourth-order valence-electron chi connectivity index (χ4n) is 2.82. The van der Waals surface area contributed by atoms with Crippen molar-refractivity contribution in [1.82, 2.24) is 0 Å². The van der Waals surface area contributed by atoms with Crippen LogP contribution in [0.3, 0.4) is 0 Å². The number of rotatable bonds is 5. The number of esters is 1.